The molecule has 1 unspecified atom stereocenters. The monoisotopic (exact) mass is 258 g/mol. The molecule has 2 rings (SSSR count). The lowest BCUT2D eigenvalue weighted by Gasteiger charge is -2.19. The van der Waals surface area contributed by atoms with Crippen molar-refractivity contribution in [3.63, 3.8) is 0 Å². The molecule has 100 valence electrons. The molecule has 1 saturated heterocycles. The molecule has 0 amide bonds. The van der Waals surface area contributed by atoms with E-state index in [1.54, 1.807) is 0 Å². The van der Waals surface area contributed by atoms with Crippen LogP contribution in [0, 0.1) is 11.3 Å². The summed E-state index contributed by atoms with van der Waals surface area (Å²) in [5.41, 5.74) is 6.33. The van der Waals surface area contributed by atoms with Crippen molar-refractivity contribution in [1.29, 1.82) is 5.26 Å². The second kappa shape index (κ2) is 6.43. The molecule has 1 atom stereocenters. The SMILES string of the molecule is N#CC1(CCNNCc2ccccc2)NCCC1=O. The first-order chi connectivity index (χ1) is 9.27. The maximum absolute atomic E-state index is 11.7. The normalized spacial score (nSPS) is 22.4. The van der Waals surface area contributed by atoms with Crippen molar-refractivity contribution < 1.29 is 4.79 Å². The van der Waals surface area contributed by atoms with Crippen LogP contribution in [0.3, 0.4) is 0 Å². The average Bonchev–Trinajstić information content (AvgIpc) is 2.81. The molecule has 0 aliphatic carbocycles. The summed E-state index contributed by atoms with van der Waals surface area (Å²) in [6, 6.07) is 12.1. The molecular formula is C14H18N4O. The Hall–Kier alpha value is -1.74. The Balaban J connectivity index is 1.70. The van der Waals surface area contributed by atoms with Crippen LogP contribution in [-0.4, -0.2) is 24.4 Å². The zero-order valence-corrected chi connectivity index (χ0v) is 10.8. The van der Waals surface area contributed by atoms with Crippen LogP contribution in [0.1, 0.15) is 18.4 Å². The molecule has 1 aromatic rings. The Bertz CT molecular complexity index is 468. The van der Waals surface area contributed by atoms with Crippen LogP contribution in [0.15, 0.2) is 30.3 Å². The van der Waals surface area contributed by atoms with Gasteiger partial charge in [0.15, 0.2) is 11.3 Å². The van der Waals surface area contributed by atoms with Crippen LogP contribution in [0.25, 0.3) is 0 Å². The Morgan fingerprint density at radius 2 is 2.11 bits per heavy atom. The van der Waals surface area contributed by atoms with E-state index in [1.165, 1.54) is 5.56 Å². The third kappa shape index (κ3) is 3.38. The third-order valence-corrected chi connectivity index (χ3v) is 3.33. The van der Waals surface area contributed by atoms with E-state index in [0.717, 1.165) is 0 Å². The molecule has 0 saturated carbocycles. The minimum absolute atomic E-state index is 0.000130. The molecule has 0 aromatic heterocycles. The van der Waals surface area contributed by atoms with Gasteiger partial charge >= 0.3 is 0 Å². The highest BCUT2D eigenvalue weighted by Gasteiger charge is 2.41. The van der Waals surface area contributed by atoms with Crippen molar-refractivity contribution >= 4 is 5.78 Å². The van der Waals surface area contributed by atoms with Crippen molar-refractivity contribution in [2.45, 2.75) is 24.9 Å². The zero-order valence-electron chi connectivity index (χ0n) is 10.8. The molecular weight excluding hydrogens is 240 g/mol. The first-order valence-electron chi connectivity index (χ1n) is 6.46. The minimum Gasteiger partial charge on any atom is -0.296 e. The van der Waals surface area contributed by atoms with E-state index in [9.17, 15) is 4.79 Å². The Labute approximate surface area is 113 Å². The molecule has 1 aliphatic rings. The van der Waals surface area contributed by atoms with Crippen LogP contribution in [0.5, 0.6) is 0 Å². The quantitative estimate of drug-likeness (QED) is 0.511. The van der Waals surface area contributed by atoms with Crippen molar-refractivity contribution in [3.05, 3.63) is 35.9 Å². The Morgan fingerprint density at radius 1 is 1.32 bits per heavy atom. The van der Waals surface area contributed by atoms with Crippen LogP contribution in [0.2, 0.25) is 0 Å². The number of carbonyl (C=O) groups excluding carboxylic acids is 1. The number of carbonyl (C=O) groups is 1. The minimum atomic E-state index is -0.985. The highest BCUT2D eigenvalue weighted by Crippen LogP contribution is 2.17. The number of benzene rings is 1. The van der Waals surface area contributed by atoms with E-state index >= 15 is 0 Å². The number of hydrazine groups is 1. The number of rotatable bonds is 6. The molecule has 0 radical (unpaired) electrons. The molecule has 1 aromatic carbocycles. The molecule has 0 bridgehead atoms. The maximum Gasteiger partial charge on any atom is 0.168 e. The summed E-state index contributed by atoms with van der Waals surface area (Å²) in [6.07, 6.45) is 0.926. The Kier molecular flexibility index (Phi) is 4.63. The standard InChI is InChI=1S/C14H18N4O/c15-11-14(13(19)6-8-16-14)7-9-17-18-10-12-4-2-1-3-5-12/h1-5,16-18H,6-10H2. The summed E-state index contributed by atoms with van der Waals surface area (Å²) in [7, 11) is 0. The number of nitriles is 1. The highest BCUT2D eigenvalue weighted by atomic mass is 16.1. The van der Waals surface area contributed by atoms with E-state index < -0.39 is 5.54 Å². The van der Waals surface area contributed by atoms with Gasteiger partial charge in [0.1, 0.15) is 0 Å². The molecule has 5 nitrogen and oxygen atoms in total. The Morgan fingerprint density at radius 3 is 2.74 bits per heavy atom. The zero-order chi connectivity index (χ0) is 13.6. The molecule has 5 heteroatoms. The van der Waals surface area contributed by atoms with Gasteiger partial charge in [0, 0.05) is 32.5 Å². The fourth-order valence-electron chi connectivity index (χ4n) is 2.19. The van der Waals surface area contributed by atoms with E-state index in [0.29, 0.717) is 32.5 Å². The molecule has 1 heterocycles. The van der Waals surface area contributed by atoms with Gasteiger partial charge in [0.2, 0.25) is 0 Å². The van der Waals surface area contributed by atoms with Gasteiger partial charge in [0.05, 0.1) is 6.07 Å². The fourth-order valence-corrected chi connectivity index (χ4v) is 2.19. The maximum atomic E-state index is 11.7. The highest BCUT2D eigenvalue weighted by molar-refractivity contribution is 5.93. The van der Waals surface area contributed by atoms with Gasteiger partial charge in [-0.15, -0.1) is 0 Å². The lowest BCUT2D eigenvalue weighted by molar-refractivity contribution is -0.120. The topological polar surface area (TPSA) is 77.0 Å². The van der Waals surface area contributed by atoms with E-state index in [-0.39, 0.29) is 5.78 Å². The molecule has 19 heavy (non-hydrogen) atoms. The first kappa shape index (κ1) is 13.7. The number of ketones is 1. The summed E-state index contributed by atoms with van der Waals surface area (Å²) in [4.78, 5) is 11.7. The fraction of sp³-hybridized carbons (Fsp3) is 0.429. The number of Topliss-reactive ketones (excluding diaryl/α,β-unsaturated/α-hetero) is 1. The van der Waals surface area contributed by atoms with Crippen molar-refractivity contribution in [3.8, 4) is 6.07 Å². The number of nitrogens with one attached hydrogen (secondary N) is 3. The van der Waals surface area contributed by atoms with E-state index in [2.05, 4.69) is 22.2 Å². The molecule has 1 aliphatic heterocycles. The molecule has 0 spiro atoms. The third-order valence-electron chi connectivity index (χ3n) is 3.33. The number of nitrogens with zero attached hydrogens (tertiary/aromatic N) is 1. The second-order valence-corrected chi connectivity index (χ2v) is 4.63. The van der Waals surface area contributed by atoms with E-state index in [4.69, 9.17) is 5.26 Å². The lowest BCUT2D eigenvalue weighted by Crippen LogP contribution is -2.47. The van der Waals surface area contributed by atoms with Gasteiger partial charge in [-0.1, -0.05) is 30.3 Å². The average molecular weight is 258 g/mol. The summed E-state index contributed by atoms with van der Waals surface area (Å²) in [6.45, 7) is 1.88. The van der Waals surface area contributed by atoms with E-state index in [1.807, 2.05) is 30.3 Å². The van der Waals surface area contributed by atoms with Crippen molar-refractivity contribution in [2.75, 3.05) is 13.1 Å². The molecule has 1 fully saturated rings. The van der Waals surface area contributed by atoms with Crippen molar-refractivity contribution in [2.24, 2.45) is 0 Å². The van der Waals surface area contributed by atoms with Crippen LogP contribution in [0.4, 0.5) is 0 Å². The second-order valence-electron chi connectivity index (χ2n) is 4.63. The summed E-state index contributed by atoms with van der Waals surface area (Å²) < 4.78 is 0. The van der Waals surface area contributed by atoms with Gasteiger partial charge < -0.3 is 0 Å². The van der Waals surface area contributed by atoms with Gasteiger partial charge in [0.25, 0.3) is 0 Å². The van der Waals surface area contributed by atoms with Crippen molar-refractivity contribution in [1.82, 2.24) is 16.2 Å². The first-order valence-corrected chi connectivity index (χ1v) is 6.46. The van der Waals surface area contributed by atoms with Gasteiger partial charge in [-0.2, -0.15) is 5.26 Å². The van der Waals surface area contributed by atoms with Crippen LogP contribution in [-0.2, 0) is 11.3 Å². The summed E-state index contributed by atoms with van der Waals surface area (Å²) in [5.74, 6) is -0.000130. The lowest BCUT2D eigenvalue weighted by atomic mass is 9.94. The van der Waals surface area contributed by atoms with Gasteiger partial charge in [-0.25, -0.2) is 0 Å². The van der Waals surface area contributed by atoms with Crippen LogP contribution >= 0.6 is 0 Å². The smallest absolute Gasteiger partial charge is 0.168 e. The van der Waals surface area contributed by atoms with Gasteiger partial charge in [-0.3, -0.25) is 21.0 Å². The summed E-state index contributed by atoms with van der Waals surface area (Å²) in [5, 5.41) is 12.1. The van der Waals surface area contributed by atoms with Crippen LogP contribution < -0.4 is 16.2 Å². The van der Waals surface area contributed by atoms with Gasteiger partial charge in [-0.05, 0) is 5.56 Å². The number of hydrogen-bond donors (Lipinski definition) is 3. The predicted octanol–water partition coefficient (Wildman–Crippen LogP) is 0.496. The predicted molar refractivity (Wildman–Crippen MR) is 71.9 cm³/mol. The molecule has 3 N–H and O–H groups in total. The number of hydrogen-bond acceptors (Lipinski definition) is 5. The largest absolute Gasteiger partial charge is 0.296 e. The summed E-state index contributed by atoms with van der Waals surface area (Å²) >= 11 is 0.